The molecule has 88 valence electrons. The molecule has 17 heavy (non-hydrogen) atoms. The normalized spacial score (nSPS) is 10.2. The first-order valence-electron chi connectivity index (χ1n) is 5.76. The zero-order valence-corrected chi connectivity index (χ0v) is 9.84. The molecule has 0 bridgehead atoms. The monoisotopic (exact) mass is 229 g/mol. The number of aromatic nitrogens is 3. The minimum atomic E-state index is 0.645. The van der Waals surface area contributed by atoms with Crippen LogP contribution in [-0.2, 0) is 0 Å². The Balaban J connectivity index is 2.22. The highest BCUT2D eigenvalue weighted by molar-refractivity contribution is 5.63. The van der Waals surface area contributed by atoms with Crippen LogP contribution in [-0.4, -0.2) is 21.6 Å². The number of nitrogens with zero attached hydrogens (tertiary/aromatic N) is 3. The number of rotatable bonds is 5. The Bertz CT molecular complexity index is 459. The molecule has 1 heterocycles. The highest BCUT2D eigenvalue weighted by Gasteiger charge is 2.07. The lowest BCUT2D eigenvalue weighted by Crippen LogP contribution is -1.99. The van der Waals surface area contributed by atoms with Gasteiger partial charge < -0.3 is 4.74 Å². The first-order valence-corrected chi connectivity index (χ1v) is 5.76. The van der Waals surface area contributed by atoms with Crippen molar-refractivity contribution in [2.24, 2.45) is 0 Å². The summed E-state index contributed by atoms with van der Waals surface area (Å²) in [6.45, 7) is 2.86. The average Bonchev–Trinajstić information content (AvgIpc) is 2.41. The maximum atomic E-state index is 5.73. The molecule has 0 fully saturated rings. The summed E-state index contributed by atoms with van der Waals surface area (Å²) in [6.07, 6.45) is 5.15. The maximum Gasteiger partial charge on any atom is 0.166 e. The van der Waals surface area contributed by atoms with Crippen LogP contribution in [0.3, 0.4) is 0 Å². The molecular weight excluding hydrogens is 214 g/mol. The van der Waals surface area contributed by atoms with Crippen molar-refractivity contribution in [3.05, 3.63) is 36.9 Å². The van der Waals surface area contributed by atoms with Crippen LogP contribution in [0.1, 0.15) is 19.8 Å². The van der Waals surface area contributed by atoms with Gasteiger partial charge in [0.05, 0.1) is 12.2 Å². The highest BCUT2D eigenvalue weighted by Crippen LogP contribution is 2.26. The summed E-state index contributed by atoms with van der Waals surface area (Å²) < 4.78 is 5.73. The topological polar surface area (TPSA) is 47.9 Å². The van der Waals surface area contributed by atoms with E-state index in [0.29, 0.717) is 5.82 Å². The van der Waals surface area contributed by atoms with Crippen LogP contribution >= 0.6 is 0 Å². The van der Waals surface area contributed by atoms with Gasteiger partial charge in [-0.3, -0.25) is 0 Å². The summed E-state index contributed by atoms with van der Waals surface area (Å²) in [5, 5.41) is 0. The van der Waals surface area contributed by atoms with Gasteiger partial charge in [-0.1, -0.05) is 25.5 Å². The summed E-state index contributed by atoms with van der Waals surface area (Å²) >= 11 is 0. The van der Waals surface area contributed by atoms with E-state index in [1.807, 2.05) is 24.3 Å². The molecule has 4 heteroatoms. The van der Waals surface area contributed by atoms with E-state index in [4.69, 9.17) is 4.74 Å². The van der Waals surface area contributed by atoms with E-state index >= 15 is 0 Å². The van der Waals surface area contributed by atoms with E-state index in [9.17, 15) is 0 Å². The molecule has 2 rings (SSSR count). The fourth-order valence-electron chi connectivity index (χ4n) is 1.48. The maximum absolute atomic E-state index is 5.73. The van der Waals surface area contributed by atoms with Crippen LogP contribution in [0.25, 0.3) is 11.4 Å². The largest absolute Gasteiger partial charge is 0.493 e. The third-order valence-electron chi connectivity index (χ3n) is 2.38. The summed E-state index contributed by atoms with van der Waals surface area (Å²) in [7, 11) is 0. The van der Waals surface area contributed by atoms with Crippen LogP contribution < -0.4 is 4.74 Å². The van der Waals surface area contributed by atoms with Crippen molar-refractivity contribution >= 4 is 0 Å². The van der Waals surface area contributed by atoms with Crippen molar-refractivity contribution in [2.45, 2.75) is 19.8 Å². The Morgan fingerprint density at radius 2 is 1.88 bits per heavy atom. The number of ether oxygens (including phenoxy) is 1. The van der Waals surface area contributed by atoms with Gasteiger partial charge in [0.25, 0.3) is 0 Å². The van der Waals surface area contributed by atoms with Gasteiger partial charge in [0, 0.05) is 0 Å². The second kappa shape index (κ2) is 5.94. The van der Waals surface area contributed by atoms with Crippen LogP contribution in [0.2, 0.25) is 0 Å². The Hall–Kier alpha value is -1.97. The van der Waals surface area contributed by atoms with Crippen molar-refractivity contribution in [1.29, 1.82) is 0 Å². The number of hydrogen-bond donors (Lipinski definition) is 0. The highest BCUT2D eigenvalue weighted by atomic mass is 16.5. The predicted octanol–water partition coefficient (Wildman–Crippen LogP) is 2.72. The second-order valence-electron chi connectivity index (χ2n) is 3.66. The molecule has 0 radical (unpaired) electrons. The van der Waals surface area contributed by atoms with Gasteiger partial charge in [0.15, 0.2) is 5.82 Å². The number of benzene rings is 1. The Kier molecular flexibility index (Phi) is 4.02. The molecule has 0 atom stereocenters. The van der Waals surface area contributed by atoms with Gasteiger partial charge in [0.1, 0.15) is 18.4 Å². The molecule has 2 aromatic rings. The molecule has 0 aliphatic heterocycles. The molecule has 0 aliphatic rings. The summed E-state index contributed by atoms with van der Waals surface area (Å²) in [4.78, 5) is 12.1. The minimum Gasteiger partial charge on any atom is -0.493 e. The predicted molar refractivity (Wildman–Crippen MR) is 65.7 cm³/mol. The van der Waals surface area contributed by atoms with Gasteiger partial charge in [0.2, 0.25) is 0 Å². The van der Waals surface area contributed by atoms with Crippen molar-refractivity contribution in [2.75, 3.05) is 6.61 Å². The summed E-state index contributed by atoms with van der Waals surface area (Å²) in [5.41, 5.74) is 0.908. The fourth-order valence-corrected chi connectivity index (χ4v) is 1.48. The number of unbranched alkanes of at least 4 members (excludes halogenated alkanes) is 1. The zero-order valence-electron chi connectivity index (χ0n) is 9.84. The molecule has 4 nitrogen and oxygen atoms in total. The summed E-state index contributed by atoms with van der Waals surface area (Å²) in [6, 6.07) is 7.79. The van der Waals surface area contributed by atoms with Crippen molar-refractivity contribution < 1.29 is 4.74 Å². The Morgan fingerprint density at radius 3 is 2.65 bits per heavy atom. The fraction of sp³-hybridized carbons (Fsp3) is 0.308. The standard InChI is InChI=1S/C13H15N3O/c1-2-3-8-17-12-7-5-4-6-11(12)13-15-9-14-10-16-13/h4-7,9-10H,2-3,8H2,1H3. The second-order valence-corrected chi connectivity index (χ2v) is 3.66. The molecule has 0 saturated heterocycles. The van der Waals surface area contributed by atoms with E-state index in [1.165, 1.54) is 12.7 Å². The molecular formula is C13H15N3O. The Labute approximate surface area is 101 Å². The number of para-hydroxylation sites is 1. The van der Waals surface area contributed by atoms with E-state index in [-0.39, 0.29) is 0 Å². The first kappa shape index (κ1) is 11.5. The third kappa shape index (κ3) is 3.00. The zero-order chi connectivity index (χ0) is 11.9. The van der Waals surface area contributed by atoms with E-state index < -0.39 is 0 Å². The lowest BCUT2D eigenvalue weighted by Gasteiger charge is -2.09. The average molecular weight is 229 g/mol. The molecule has 0 spiro atoms. The summed E-state index contributed by atoms with van der Waals surface area (Å²) in [5.74, 6) is 1.47. The molecule has 1 aromatic carbocycles. The molecule has 0 amide bonds. The minimum absolute atomic E-state index is 0.645. The quantitative estimate of drug-likeness (QED) is 0.739. The first-order chi connectivity index (χ1) is 8.42. The Morgan fingerprint density at radius 1 is 1.12 bits per heavy atom. The van der Waals surface area contributed by atoms with Crippen LogP contribution in [0.5, 0.6) is 5.75 Å². The van der Waals surface area contributed by atoms with Gasteiger partial charge in [-0.2, -0.15) is 0 Å². The van der Waals surface area contributed by atoms with E-state index in [2.05, 4.69) is 21.9 Å². The lowest BCUT2D eigenvalue weighted by atomic mass is 10.2. The van der Waals surface area contributed by atoms with Gasteiger partial charge in [-0.15, -0.1) is 0 Å². The SMILES string of the molecule is CCCCOc1ccccc1-c1ncncn1. The van der Waals surface area contributed by atoms with Gasteiger partial charge in [-0.05, 0) is 18.6 Å². The van der Waals surface area contributed by atoms with Crippen LogP contribution in [0.4, 0.5) is 0 Å². The number of hydrogen-bond acceptors (Lipinski definition) is 4. The van der Waals surface area contributed by atoms with Crippen molar-refractivity contribution in [3.8, 4) is 17.1 Å². The van der Waals surface area contributed by atoms with Gasteiger partial charge in [-0.25, -0.2) is 15.0 Å². The molecule has 0 unspecified atom stereocenters. The smallest absolute Gasteiger partial charge is 0.166 e. The van der Waals surface area contributed by atoms with Crippen molar-refractivity contribution in [1.82, 2.24) is 15.0 Å². The van der Waals surface area contributed by atoms with Crippen molar-refractivity contribution in [3.63, 3.8) is 0 Å². The molecule has 1 aromatic heterocycles. The van der Waals surface area contributed by atoms with Crippen LogP contribution in [0, 0.1) is 0 Å². The van der Waals surface area contributed by atoms with E-state index in [1.54, 1.807) is 0 Å². The van der Waals surface area contributed by atoms with Crippen LogP contribution in [0.15, 0.2) is 36.9 Å². The molecule has 0 N–H and O–H groups in total. The van der Waals surface area contributed by atoms with Gasteiger partial charge >= 0.3 is 0 Å². The third-order valence-corrected chi connectivity index (χ3v) is 2.38. The van der Waals surface area contributed by atoms with E-state index in [0.717, 1.165) is 30.8 Å². The molecule has 0 aliphatic carbocycles. The lowest BCUT2D eigenvalue weighted by molar-refractivity contribution is 0.310. The molecule has 0 saturated carbocycles.